The van der Waals surface area contributed by atoms with Crippen molar-refractivity contribution in [2.75, 3.05) is 7.05 Å². The van der Waals surface area contributed by atoms with E-state index in [1.54, 1.807) is 6.92 Å². The molecule has 0 rings (SSSR count). The van der Waals surface area contributed by atoms with Crippen molar-refractivity contribution in [2.24, 2.45) is 4.99 Å². The lowest BCUT2D eigenvalue weighted by molar-refractivity contribution is -0.132. The Morgan fingerprint density at radius 1 is 1.67 bits per heavy atom. The lowest BCUT2D eigenvalue weighted by atomic mass is 10.3. The molecule has 0 spiro atoms. The summed E-state index contributed by atoms with van der Waals surface area (Å²) < 4.78 is 0. The molecule has 3 nitrogen and oxygen atoms in total. The van der Waals surface area contributed by atoms with Crippen molar-refractivity contribution in [3.8, 4) is 0 Å². The van der Waals surface area contributed by atoms with Crippen LogP contribution in [0.25, 0.3) is 0 Å². The molecule has 0 radical (unpaired) electrons. The number of carboxylic acid groups (broad SMARTS) is 1. The van der Waals surface area contributed by atoms with Crippen molar-refractivity contribution in [3.05, 3.63) is 11.6 Å². The largest absolute Gasteiger partial charge is 0.478 e. The maximum Gasteiger partial charge on any atom is 0.336 e. The van der Waals surface area contributed by atoms with Crippen molar-refractivity contribution >= 4 is 12.2 Å². The number of aliphatic imine (C=N–C) groups is 1. The van der Waals surface area contributed by atoms with Gasteiger partial charge < -0.3 is 5.11 Å². The highest BCUT2D eigenvalue weighted by Crippen LogP contribution is 1.87. The van der Waals surface area contributed by atoms with Crippen LogP contribution in [-0.2, 0) is 4.79 Å². The minimum absolute atomic E-state index is 0.220. The van der Waals surface area contributed by atoms with E-state index in [2.05, 4.69) is 4.99 Å². The number of allylic oxidation sites excluding steroid dienone is 1. The van der Waals surface area contributed by atoms with Gasteiger partial charge in [-0.1, -0.05) is 6.08 Å². The molecule has 50 valence electrons. The predicted octanol–water partition coefficient (Wildman–Crippen LogP) is 0.718. The zero-order valence-corrected chi connectivity index (χ0v) is 5.46. The smallest absolute Gasteiger partial charge is 0.336 e. The number of hydrogen-bond donors (Lipinski definition) is 1. The molecule has 0 heterocycles. The van der Waals surface area contributed by atoms with Gasteiger partial charge in [0.05, 0.1) is 5.57 Å². The van der Waals surface area contributed by atoms with E-state index in [0.717, 1.165) is 0 Å². The Morgan fingerprint density at radius 2 is 2.22 bits per heavy atom. The molecule has 3 heteroatoms. The van der Waals surface area contributed by atoms with Crippen LogP contribution in [0.2, 0.25) is 0 Å². The molecule has 1 N–H and O–H groups in total. The van der Waals surface area contributed by atoms with Crippen LogP contribution in [-0.4, -0.2) is 24.3 Å². The van der Waals surface area contributed by atoms with Gasteiger partial charge in [-0.3, -0.25) is 4.99 Å². The van der Waals surface area contributed by atoms with E-state index in [1.807, 2.05) is 0 Å². The Kier molecular flexibility index (Phi) is 3.35. The van der Waals surface area contributed by atoms with E-state index >= 15 is 0 Å². The molecule has 0 saturated carbocycles. The summed E-state index contributed by atoms with van der Waals surface area (Å²) in [5.41, 5.74) is 0.220. The van der Waals surface area contributed by atoms with Gasteiger partial charge in [0.25, 0.3) is 0 Å². The summed E-state index contributed by atoms with van der Waals surface area (Å²) in [6.45, 7) is 1.66. The first-order valence-corrected chi connectivity index (χ1v) is 2.54. The highest BCUT2D eigenvalue weighted by Gasteiger charge is 1.98. The number of aliphatic carboxylic acids is 1. The number of nitrogens with zero attached hydrogens (tertiary/aromatic N) is 1. The predicted molar refractivity (Wildman–Crippen MR) is 35.8 cm³/mol. The van der Waals surface area contributed by atoms with E-state index in [0.29, 0.717) is 0 Å². The molecule has 0 saturated heterocycles. The third-order valence-corrected chi connectivity index (χ3v) is 0.826. The van der Waals surface area contributed by atoms with Gasteiger partial charge in [-0.05, 0) is 6.92 Å². The average molecular weight is 127 g/mol. The molecule has 0 atom stereocenters. The van der Waals surface area contributed by atoms with Crippen molar-refractivity contribution in [1.29, 1.82) is 0 Å². The topological polar surface area (TPSA) is 49.7 Å². The molecule has 0 aliphatic carbocycles. The van der Waals surface area contributed by atoms with Crippen LogP contribution < -0.4 is 0 Å². The Bertz CT molecular complexity index is 158. The molecule has 0 bridgehead atoms. The Balaban J connectivity index is 4.19. The number of carboxylic acids is 1. The molecule has 0 unspecified atom stereocenters. The van der Waals surface area contributed by atoms with Crippen molar-refractivity contribution < 1.29 is 9.90 Å². The molecule has 0 aliphatic heterocycles. The standard InChI is InChI=1S/C6H9NO2/c1-3-5(4-7-2)6(8)9/h3-4H,1-2H3,(H,8,9)/b5-3+,7-4?. The van der Waals surface area contributed by atoms with Crippen molar-refractivity contribution in [2.45, 2.75) is 6.92 Å². The number of rotatable bonds is 2. The van der Waals surface area contributed by atoms with Crippen LogP contribution >= 0.6 is 0 Å². The van der Waals surface area contributed by atoms with Crippen LogP contribution in [0.15, 0.2) is 16.6 Å². The SMILES string of the molecule is C/C=C(\C=NC)C(=O)O. The summed E-state index contributed by atoms with van der Waals surface area (Å²) >= 11 is 0. The normalized spacial score (nSPS) is 12.4. The van der Waals surface area contributed by atoms with Gasteiger partial charge in [0.15, 0.2) is 0 Å². The summed E-state index contributed by atoms with van der Waals surface area (Å²) in [5, 5.41) is 8.34. The summed E-state index contributed by atoms with van der Waals surface area (Å²) in [7, 11) is 1.53. The third-order valence-electron chi connectivity index (χ3n) is 0.826. The molecule has 0 amide bonds. The van der Waals surface area contributed by atoms with E-state index in [1.165, 1.54) is 19.3 Å². The maximum absolute atomic E-state index is 10.2. The minimum Gasteiger partial charge on any atom is -0.478 e. The third kappa shape index (κ3) is 2.64. The lowest BCUT2D eigenvalue weighted by Crippen LogP contribution is -2.00. The Hall–Kier alpha value is -1.12. The first-order chi connectivity index (χ1) is 4.22. The van der Waals surface area contributed by atoms with Gasteiger partial charge in [0.2, 0.25) is 0 Å². The van der Waals surface area contributed by atoms with Crippen molar-refractivity contribution in [1.82, 2.24) is 0 Å². The fraction of sp³-hybridized carbons (Fsp3) is 0.333. The number of carbonyl (C=O) groups is 1. The van der Waals surface area contributed by atoms with Gasteiger partial charge >= 0.3 is 5.97 Å². The molecular formula is C6H9NO2. The molecule has 0 aromatic carbocycles. The molecule has 0 aromatic heterocycles. The summed E-state index contributed by atoms with van der Waals surface area (Å²) in [6.07, 6.45) is 2.80. The molecule has 0 fully saturated rings. The summed E-state index contributed by atoms with van der Waals surface area (Å²) in [5.74, 6) is -0.942. The Morgan fingerprint density at radius 3 is 2.33 bits per heavy atom. The second-order valence-corrected chi connectivity index (χ2v) is 1.44. The van der Waals surface area contributed by atoms with Crippen molar-refractivity contribution in [3.63, 3.8) is 0 Å². The quantitative estimate of drug-likeness (QED) is 0.439. The van der Waals surface area contributed by atoms with Gasteiger partial charge in [-0.25, -0.2) is 4.79 Å². The summed E-state index contributed by atoms with van der Waals surface area (Å²) in [4.78, 5) is 13.7. The molecule has 9 heavy (non-hydrogen) atoms. The second-order valence-electron chi connectivity index (χ2n) is 1.44. The monoisotopic (exact) mass is 127 g/mol. The molecular weight excluding hydrogens is 118 g/mol. The van der Waals surface area contributed by atoms with E-state index in [4.69, 9.17) is 5.11 Å². The van der Waals surface area contributed by atoms with Crippen LogP contribution in [0.5, 0.6) is 0 Å². The highest BCUT2D eigenvalue weighted by atomic mass is 16.4. The van der Waals surface area contributed by atoms with Gasteiger partial charge in [-0.15, -0.1) is 0 Å². The summed E-state index contributed by atoms with van der Waals surface area (Å²) in [6, 6.07) is 0. The minimum atomic E-state index is -0.942. The molecule has 0 aromatic rings. The fourth-order valence-electron chi connectivity index (χ4n) is 0.392. The van der Waals surface area contributed by atoms with Crippen LogP contribution in [0, 0.1) is 0 Å². The zero-order chi connectivity index (χ0) is 7.28. The fourth-order valence-corrected chi connectivity index (χ4v) is 0.392. The second kappa shape index (κ2) is 3.83. The van der Waals surface area contributed by atoms with Gasteiger partial charge in [0, 0.05) is 13.3 Å². The first kappa shape index (κ1) is 7.88. The highest BCUT2D eigenvalue weighted by molar-refractivity contribution is 6.08. The van der Waals surface area contributed by atoms with Gasteiger partial charge in [0.1, 0.15) is 0 Å². The number of hydrogen-bond acceptors (Lipinski definition) is 2. The van der Waals surface area contributed by atoms with E-state index in [9.17, 15) is 4.79 Å². The lowest BCUT2D eigenvalue weighted by Gasteiger charge is -1.87. The zero-order valence-electron chi connectivity index (χ0n) is 5.46. The Labute approximate surface area is 53.7 Å². The molecule has 0 aliphatic rings. The average Bonchev–Trinajstić information content (AvgIpc) is 1.82. The van der Waals surface area contributed by atoms with E-state index < -0.39 is 5.97 Å². The van der Waals surface area contributed by atoms with Crippen LogP contribution in [0.1, 0.15) is 6.92 Å². The maximum atomic E-state index is 10.2. The van der Waals surface area contributed by atoms with Gasteiger partial charge in [-0.2, -0.15) is 0 Å². The van der Waals surface area contributed by atoms with E-state index in [-0.39, 0.29) is 5.57 Å². The first-order valence-electron chi connectivity index (χ1n) is 2.54. The van der Waals surface area contributed by atoms with Crippen LogP contribution in [0.3, 0.4) is 0 Å². The van der Waals surface area contributed by atoms with Crippen LogP contribution in [0.4, 0.5) is 0 Å².